The Balaban J connectivity index is 2.65. The topological polar surface area (TPSA) is 67.4 Å². The Morgan fingerprint density at radius 1 is 1.24 bits per heavy atom. The van der Waals surface area contributed by atoms with Crippen molar-refractivity contribution in [2.24, 2.45) is 5.92 Å². The minimum atomic E-state index is -0.572. The number of hydrogen-bond donors (Lipinski definition) is 2. The van der Waals surface area contributed by atoms with E-state index in [0.717, 1.165) is 0 Å². The maximum absolute atomic E-state index is 12.1. The van der Waals surface area contributed by atoms with Gasteiger partial charge in [-0.2, -0.15) is 0 Å². The Labute approximate surface area is 126 Å². The largest absolute Gasteiger partial charge is 0.493 e. The molecule has 1 aromatic carbocycles. The van der Waals surface area contributed by atoms with E-state index >= 15 is 0 Å². The molecule has 2 amide bonds. The van der Waals surface area contributed by atoms with E-state index in [0.29, 0.717) is 30.4 Å². The third-order valence-corrected chi connectivity index (χ3v) is 2.77. The molecular formula is C16H24N2O3. The molecule has 116 valence electrons. The van der Waals surface area contributed by atoms with Gasteiger partial charge in [-0.3, -0.25) is 9.59 Å². The van der Waals surface area contributed by atoms with E-state index in [1.54, 1.807) is 25.1 Å². The number of benzene rings is 1. The summed E-state index contributed by atoms with van der Waals surface area (Å²) in [5, 5.41) is 5.33. The molecule has 0 aliphatic rings. The molecule has 5 heteroatoms. The fraction of sp³-hybridized carbons (Fsp3) is 0.500. The minimum absolute atomic E-state index is 0.196. The van der Waals surface area contributed by atoms with Gasteiger partial charge in [0, 0.05) is 12.1 Å². The van der Waals surface area contributed by atoms with Crippen molar-refractivity contribution in [2.75, 3.05) is 13.2 Å². The van der Waals surface area contributed by atoms with Crippen LogP contribution in [-0.4, -0.2) is 31.0 Å². The van der Waals surface area contributed by atoms with Crippen molar-refractivity contribution in [3.63, 3.8) is 0 Å². The van der Waals surface area contributed by atoms with Crippen molar-refractivity contribution in [1.82, 2.24) is 10.6 Å². The Morgan fingerprint density at radius 2 is 1.95 bits per heavy atom. The van der Waals surface area contributed by atoms with Gasteiger partial charge in [-0.15, -0.1) is 0 Å². The molecule has 0 aliphatic heterocycles. The van der Waals surface area contributed by atoms with Gasteiger partial charge in [0.15, 0.2) is 0 Å². The highest BCUT2D eigenvalue weighted by Gasteiger charge is 2.16. The predicted octanol–water partition coefficient (Wildman–Crippen LogP) is 1.98. The predicted molar refractivity (Wildman–Crippen MR) is 82.4 cm³/mol. The van der Waals surface area contributed by atoms with E-state index in [1.807, 2.05) is 13.0 Å². The molecule has 2 N–H and O–H groups in total. The van der Waals surface area contributed by atoms with Crippen molar-refractivity contribution in [3.8, 4) is 5.75 Å². The normalized spacial score (nSPS) is 11.9. The van der Waals surface area contributed by atoms with Crippen molar-refractivity contribution < 1.29 is 14.3 Å². The second kappa shape index (κ2) is 8.29. The highest BCUT2D eigenvalue weighted by molar-refractivity contribution is 5.97. The molecule has 5 nitrogen and oxygen atoms in total. The van der Waals surface area contributed by atoms with Crippen LogP contribution in [0.4, 0.5) is 0 Å². The summed E-state index contributed by atoms with van der Waals surface area (Å²) in [4.78, 5) is 23.7. The summed E-state index contributed by atoms with van der Waals surface area (Å²) >= 11 is 0. The van der Waals surface area contributed by atoms with Crippen LogP contribution in [0.1, 0.15) is 38.1 Å². The van der Waals surface area contributed by atoms with Crippen LogP contribution < -0.4 is 15.4 Å². The summed E-state index contributed by atoms with van der Waals surface area (Å²) in [6.45, 7) is 8.75. The monoisotopic (exact) mass is 292 g/mol. The number of nitrogens with one attached hydrogen (secondary N) is 2. The molecule has 21 heavy (non-hydrogen) atoms. The summed E-state index contributed by atoms with van der Waals surface area (Å²) in [7, 11) is 0. The lowest BCUT2D eigenvalue weighted by atomic mass is 10.2. The third kappa shape index (κ3) is 5.85. The van der Waals surface area contributed by atoms with Gasteiger partial charge < -0.3 is 15.4 Å². The molecular weight excluding hydrogens is 268 g/mol. The molecule has 1 atom stereocenters. The molecule has 0 bridgehead atoms. The van der Waals surface area contributed by atoms with Gasteiger partial charge in [-0.05, 0) is 38.0 Å². The first-order valence-electron chi connectivity index (χ1n) is 7.25. The van der Waals surface area contributed by atoms with Gasteiger partial charge in [0.05, 0.1) is 6.61 Å². The van der Waals surface area contributed by atoms with E-state index in [-0.39, 0.29) is 11.8 Å². The quantitative estimate of drug-likeness (QED) is 0.807. The van der Waals surface area contributed by atoms with Crippen LogP contribution >= 0.6 is 0 Å². The molecule has 1 rings (SSSR count). The maximum Gasteiger partial charge on any atom is 0.252 e. The molecule has 0 radical (unpaired) electrons. The van der Waals surface area contributed by atoms with Crippen LogP contribution in [-0.2, 0) is 4.79 Å². The number of hydrogen-bond acceptors (Lipinski definition) is 3. The number of carbonyl (C=O) groups is 2. The van der Waals surface area contributed by atoms with Gasteiger partial charge in [0.25, 0.3) is 5.91 Å². The molecule has 0 saturated carbocycles. The summed E-state index contributed by atoms with van der Waals surface area (Å²) in [6, 6.07) is 6.38. The van der Waals surface area contributed by atoms with Crippen LogP contribution in [0.2, 0.25) is 0 Å². The highest BCUT2D eigenvalue weighted by atomic mass is 16.5. The number of amides is 2. The number of ether oxygens (including phenoxy) is 1. The van der Waals surface area contributed by atoms with Crippen LogP contribution in [0.15, 0.2) is 24.3 Å². The lowest BCUT2D eigenvalue weighted by Gasteiger charge is -2.14. The lowest BCUT2D eigenvalue weighted by molar-refractivity contribution is -0.122. The van der Waals surface area contributed by atoms with Gasteiger partial charge in [0.1, 0.15) is 11.8 Å². The maximum atomic E-state index is 12.1. The van der Waals surface area contributed by atoms with E-state index in [2.05, 4.69) is 24.5 Å². The van der Waals surface area contributed by atoms with Gasteiger partial charge in [-0.1, -0.05) is 19.9 Å². The van der Waals surface area contributed by atoms with Crippen LogP contribution in [0.25, 0.3) is 0 Å². The molecule has 0 aromatic heterocycles. The summed E-state index contributed by atoms with van der Waals surface area (Å²) in [5.74, 6) is 0.587. The Morgan fingerprint density at radius 3 is 2.57 bits per heavy atom. The van der Waals surface area contributed by atoms with Gasteiger partial charge in [-0.25, -0.2) is 0 Å². The molecule has 0 spiro atoms. The van der Waals surface area contributed by atoms with E-state index in [4.69, 9.17) is 4.74 Å². The van der Waals surface area contributed by atoms with E-state index < -0.39 is 6.04 Å². The first-order chi connectivity index (χ1) is 9.93. The molecule has 0 aliphatic carbocycles. The molecule has 0 fully saturated rings. The molecule has 0 unspecified atom stereocenters. The Hall–Kier alpha value is -2.04. The fourth-order valence-corrected chi connectivity index (χ4v) is 1.66. The second-order valence-corrected chi connectivity index (χ2v) is 5.32. The average Bonchev–Trinajstić information content (AvgIpc) is 2.45. The number of rotatable bonds is 7. The van der Waals surface area contributed by atoms with Gasteiger partial charge in [0.2, 0.25) is 5.91 Å². The Kier molecular flexibility index (Phi) is 6.72. The molecule has 1 aromatic rings. The Bertz CT molecular complexity index is 486. The smallest absolute Gasteiger partial charge is 0.252 e. The summed E-state index contributed by atoms with van der Waals surface area (Å²) < 4.78 is 5.59. The zero-order chi connectivity index (χ0) is 15.8. The lowest BCUT2D eigenvalue weighted by Crippen LogP contribution is -2.44. The van der Waals surface area contributed by atoms with Crippen molar-refractivity contribution in [2.45, 2.75) is 33.7 Å². The number of likely N-dealkylation sites (N-methyl/N-ethyl adjacent to an activating group) is 1. The van der Waals surface area contributed by atoms with Gasteiger partial charge >= 0.3 is 0 Å². The van der Waals surface area contributed by atoms with Crippen LogP contribution in [0.3, 0.4) is 0 Å². The third-order valence-electron chi connectivity index (χ3n) is 2.77. The standard InChI is InChI=1S/C16H24N2O3/c1-5-17-15(19)12(4)18-16(20)13-7-6-8-14(9-13)21-10-11(2)3/h6-9,11-12H,5,10H2,1-4H3,(H,17,19)(H,18,20)/t12-/m0/s1. The molecule has 0 saturated heterocycles. The summed E-state index contributed by atoms with van der Waals surface area (Å²) in [6.07, 6.45) is 0. The van der Waals surface area contributed by atoms with E-state index in [9.17, 15) is 9.59 Å². The first kappa shape index (κ1) is 17.0. The molecule has 0 heterocycles. The summed E-state index contributed by atoms with van der Waals surface area (Å²) in [5.41, 5.74) is 0.479. The number of carbonyl (C=O) groups excluding carboxylic acids is 2. The zero-order valence-corrected chi connectivity index (χ0v) is 13.1. The second-order valence-electron chi connectivity index (χ2n) is 5.32. The average molecular weight is 292 g/mol. The van der Waals surface area contributed by atoms with Crippen molar-refractivity contribution in [1.29, 1.82) is 0 Å². The van der Waals surface area contributed by atoms with Crippen molar-refractivity contribution in [3.05, 3.63) is 29.8 Å². The fourth-order valence-electron chi connectivity index (χ4n) is 1.66. The van der Waals surface area contributed by atoms with Crippen LogP contribution in [0.5, 0.6) is 5.75 Å². The SMILES string of the molecule is CCNC(=O)[C@H](C)NC(=O)c1cccc(OCC(C)C)c1. The van der Waals surface area contributed by atoms with Crippen molar-refractivity contribution >= 4 is 11.8 Å². The first-order valence-corrected chi connectivity index (χ1v) is 7.25. The van der Waals surface area contributed by atoms with E-state index in [1.165, 1.54) is 0 Å². The van der Waals surface area contributed by atoms with Crippen LogP contribution in [0, 0.1) is 5.92 Å². The zero-order valence-electron chi connectivity index (χ0n) is 13.1. The highest BCUT2D eigenvalue weighted by Crippen LogP contribution is 2.14. The minimum Gasteiger partial charge on any atom is -0.493 e.